The third kappa shape index (κ3) is 5.60. The monoisotopic (exact) mass is 344 g/mol. The number of carbonyl (C=O) groups is 2. The van der Waals surface area contributed by atoms with Crippen molar-refractivity contribution in [3.63, 3.8) is 0 Å². The van der Waals surface area contributed by atoms with Gasteiger partial charge in [-0.2, -0.15) is 0 Å². The number of amides is 2. The zero-order chi connectivity index (χ0) is 18.2. The van der Waals surface area contributed by atoms with Gasteiger partial charge in [-0.1, -0.05) is 30.3 Å². The number of hydrogen-bond acceptors (Lipinski definition) is 3. The number of para-hydroxylation sites is 1. The Morgan fingerprint density at radius 1 is 1.16 bits per heavy atom. The number of carbonyl (C=O) groups excluding carboxylic acids is 2. The molecule has 0 aliphatic heterocycles. The van der Waals surface area contributed by atoms with Crippen LogP contribution in [0.5, 0.6) is 5.75 Å². The Morgan fingerprint density at radius 3 is 2.48 bits per heavy atom. The molecule has 5 nitrogen and oxygen atoms in total. The highest BCUT2D eigenvalue weighted by Gasteiger charge is 2.18. The highest BCUT2D eigenvalue weighted by atomic mass is 19.1. The van der Waals surface area contributed by atoms with Crippen LogP contribution in [-0.2, 0) is 22.4 Å². The molecule has 2 aromatic rings. The fourth-order valence-corrected chi connectivity index (χ4v) is 2.50. The van der Waals surface area contributed by atoms with E-state index in [0.717, 1.165) is 11.1 Å². The van der Waals surface area contributed by atoms with Gasteiger partial charge in [0, 0.05) is 12.1 Å². The number of nitrogens with two attached hydrogens (primary N) is 1. The number of halogens is 1. The lowest BCUT2D eigenvalue weighted by Gasteiger charge is -2.15. The van der Waals surface area contributed by atoms with Crippen LogP contribution in [0, 0.1) is 11.7 Å². The van der Waals surface area contributed by atoms with Crippen LogP contribution in [0.4, 0.5) is 4.39 Å². The van der Waals surface area contributed by atoms with Gasteiger partial charge >= 0.3 is 0 Å². The van der Waals surface area contributed by atoms with Crippen LogP contribution in [0.15, 0.2) is 48.5 Å². The van der Waals surface area contributed by atoms with Gasteiger partial charge in [-0.05, 0) is 30.2 Å². The van der Waals surface area contributed by atoms with Crippen LogP contribution in [0.25, 0.3) is 0 Å². The minimum Gasteiger partial charge on any atom is -0.496 e. The predicted molar refractivity (Wildman–Crippen MR) is 92.5 cm³/mol. The molecule has 132 valence electrons. The second kappa shape index (κ2) is 8.82. The summed E-state index contributed by atoms with van der Waals surface area (Å²) >= 11 is 0. The highest BCUT2D eigenvalue weighted by Crippen LogP contribution is 2.17. The lowest BCUT2D eigenvalue weighted by atomic mass is 9.98. The van der Waals surface area contributed by atoms with Gasteiger partial charge < -0.3 is 15.8 Å². The molecule has 2 rings (SSSR count). The highest BCUT2D eigenvalue weighted by molar-refractivity contribution is 5.81. The average molecular weight is 344 g/mol. The SMILES string of the molecule is COc1ccccc1CC(=O)NC[C@H](Cc1ccc(F)cc1)C(N)=O. The molecule has 0 aromatic heterocycles. The number of ether oxygens (including phenoxy) is 1. The summed E-state index contributed by atoms with van der Waals surface area (Å²) in [7, 11) is 1.54. The van der Waals surface area contributed by atoms with E-state index >= 15 is 0 Å². The van der Waals surface area contributed by atoms with Crippen molar-refractivity contribution in [2.24, 2.45) is 11.7 Å². The lowest BCUT2D eigenvalue weighted by molar-refractivity contribution is -0.123. The first-order chi connectivity index (χ1) is 12.0. The Morgan fingerprint density at radius 2 is 1.84 bits per heavy atom. The molecule has 0 fully saturated rings. The smallest absolute Gasteiger partial charge is 0.224 e. The van der Waals surface area contributed by atoms with Gasteiger partial charge in [0.25, 0.3) is 0 Å². The zero-order valence-electron chi connectivity index (χ0n) is 14.0. The molecule has 0 bridgehead atoms. The van der Waals surface area contributed by atoms with Crippen molar-refractivity contribution in [3.8, 4) is 5.75 Å². The maximum atomic E-state index is 12.9. The summed E-state index contributed by atoms with van der Waals surface area (Å²) in [6, 6.07) is 13.1. The molecule has 6 heteroatoms. The molecule has 0 spiro atoms. The van der Waals surface area contributed by atoms with Crippen LogP contribution in [0.2, 0.25) is 0 Å². The number of methoxy groups -OCH3 is 1. The van der Waals surface area contributed by atoms with Crippen molar-refractivity contribution in [1.82, 2.24) is 5.32 Å². The van der Waals surface area contributed by atoms with Crippen molar-refractivity contribution in [1.29, 1.82) is 0 Å². The van der Waals surface area contributed by atoms with Gasteiger partial charge in [0.05, 0.1) is 19.4 Å². The van der Waals surface area contributed by atoms with Gasteiger partial charge in [0.15, 0.2) is 0 Å². The molecule has 0 saturated carbocycles. The molecule has 2 aromatic carbocycles. The van der Waals surface area contributed by atoms with E-state index in [0.29, 0.717) is 12.2 Å². The van der Waals surface area contributed by atoms with Crippen LogP contribution in [0.3, 0.4) is 0 Å². The van der Waals surface area contributed by atoms with Gasteiger partial charge in [-0.3, -0.25) is 9.59 Å². The third-order valence-electron chi connectivity index (χ3n) is 3.89. The van der Waals surface area contributed by atoms with E-state index in [2.05, 4.69) is 5.32 Å². The molecule has 0 heterocycles. The maximum Gasteiger partial charge on any atom is 0.224 e. The van der Waals surface area contributed by atoms with Gasteiger partial charge in [-0.15, -0.1) is 0 Å². The Bertz CT molecular complexity index is 732. The topological polar surface area (TPSA) is 81.4 Å². The normalized spacial score (nSPS) is 11.6. The van der Waals surface area contributed by atoms with Gasteiger partial charge in [0.1, 0.15) is 11.6 Å². The van der Waals surface area contributed by atoms with Crippen molar-refractivity contribution in [2.75, 3.05) is 13.7 Å². The minimum atomic E-state index is -0.563. The third-order valence-corrected chi connectivity index (χ3v) is 3.89. The van der Waals surface area contributed by atoms with Gasteiger partial charge in [-0.25, -0.2) is 4.39 Å². The largest absolute Gasteiger partial charge is 0.496 e. The number of benzene rings is 2. The van der Waals surface area contributed by atoms with E-state index in [9.17, 15) is 14.0 Å². The van der Waals surface area contributed by atoms with Crippen LogP contribution < -0.4 is 15.8 Å². The first kappa shape index (κ1) is 18.4. The van der Waals surface area contributed by atoms with Crippen molar-refractivity contribution in [3.05, 3.63) is 65.5 Å². The predicted octanol–water partition coefficient (Wildman–Crippen LogP) is 1.84. The van der Waals surface area contributed by atoms with Crippen molar-refractivity contribution >= 4 is 11.8 Å². The van der Waals surface area contributed by atoms with Crippen LogP contribution in [0.1, 0.15) is 11.1 Å². The molecule has 25 heavy (non-hydrogen) atoms. The number of rotatable bonds is 8. The number of nitrogens with one attached hydrogen (secondary N) is 1. The molecule has 0 unspecified atom stereocenters. The van der Waals surface area contributed by atoms with Gasteiger partial charge in [0.2, 0.25) is 11.8 Å². The summed E-state index contributed by atoms with van der Waals surface area (Å²) in [5.74, 6) is -1.01. The second-order valence-electron chi connectivity index (χ2n) is 5.72. The zero-order valence-corrected chi connectivity index (χ0v) is 14.0. The summed E-state index contributed by atoms with van der Waals surface area (Å²) < 4.78 is 18.2. The lowest BCUT2D eigenvalue weighted by Crippen LogP contribution is -2.37. The molecular weight excluding hydrogens is 323 g/mol. The quantitative estimate of drug-likeness (QED) is 0.767. The van der Waals surface area contributed by atoms with Crippen molar-refractivity contribution < 1.29 is 18.7 Å². The average Bonchev–Trinajstić information content (AvgIpc) is 2.60. The second-order valence-corrected chi connectivity index (χ2v) is 5.72. The van der Waals surface area contributed by atoms with Crippen molar-refractivity contribution in [2.45, 2.75) is 12.8 Å². The standard InChI is InChI=1S/C19H21FN2O3/c1-25-17-5-3-2-4-14(17)11-18(23)22-12-15(19(21)24)10-13-6-8-16(20)9-7-13/h2-9,15H,10-12H2,1H3,(H2,21,24)(H,22,23)/t15-/m0/s1. The van der Waals surface area contributed by atoms with Crippen LogP contribution >= 0.6 is 0 Å². The fourth-order valence-electron chi connectivity index (χ4n) is 2.50. The Kier molecular flexibility index (Phi) is 6.51. The molecule has 0 radical (unpaired) electrons. The minimum absolute atomic E-state index is 0.126. The Hall–Kier alpha value is -2.89. The summed E-state index contributed by atoms with van der Waals surface area (Å²) in [4.78, 5) is 23.8. The maximum absolute atomic E-state index is 12.9. The molecular formula is C19H21FN2O3. The number of hydrogen-bond donors (Lipinski definition) is 2. The molecule has 1 atom stereocenters. The Labute approximate surface area is 146 Å². The molecule has 0 aliphatic carbocycles. The summed E-state index contributed by atoms with van der Waals surface area (Å²) in [6.07, 6.45) is 0.483. The fraction of sp³-hybridized carbons (Fsp3) is 0.263. The van der Waals surface area contributed by atoms with Crippen LogP contribution in [-0.4, -0.2) is 25.5 Å². The summed E-state index contributed by atoms with van der Waals surface area (Å²) in [5.41, 5.74) is 6.96. The first-order valence-corrected chi connectivity index (χ1v) is 7.92. The number of primary amides is 1. The molecule has 3 N–H and O–H groups in total. The molecule has 0 saturated heterocycles. The van der Waals surface area contributed by atoms with E-state index in [-0.39, 0.29) is 24.7 Å². The van der Waals surface area contributed by atoms with E-state index in [4.69, 9.17) is 10.5 Å². The van der Waals surface area contributed by atoms with E-state index in [1.54, 1.807) is 25.3 Å². The molecule has 2 amide bonds. The molecule has 0 aliphatic rings. The van der Waals surface area contributed by atoms with E-state index in [1.807, 2.05) is 18.2 Å². The van der Waals surface area contributed by atoms with E-state index < -0.39 is 11.8 Å². The Balaban J connectivity index is 1.93. The summed E-state index contributed by atoms with van der Waals surface area (Å²) in [5, 5.41) is 2.73. The van der Waals surface area contributed by atoms with E-state index in [1.165, 1.54) is 12.1 Å². The summed E-state index contributed by atoms with van der Waals surface area (Å²) in [6.45, 7) is 0.126. The first-order valence-electron chi connectivity index (χ1n) is 7.92.